The molecule has 5 heteroatoms. The van der Waals surface area contributed by atoms with Crippen molar-refractivity contribution in [3.63, 3.8) is 0 Å². The van der Waals surface area contributed by atoms with Crippen LogP contribution in [0.5, 0.6) is 0 Å². The molecule has 0 fully saturated rings. The summed E-state index contributed by atoms with van der Waals surface area (Å²) in [6.07, 6.45) is 8.89. The molecule has 0 spiro atoms. The summed E-state index contributed by atoms with van der Waals surface area (Å²) in [5.41, 5.74) is 16.4. The number of furan rings is 1. The van der Waals surface area contributed by atoms with Gasteiger partial charge in [-0.15, -0.1) is 0 Å². The zero-order chi connectivity index (χ0) is 39.1. The predicted octanol–water partition coefficient (Wildman–Crippen LogP) is 11.8. The van der Waals surface area contributed by atoms with Crippen LogP contribution >= 0.6 is 0 Å². The van der Waals surface area contributed by atoms with Gasteiger partial charge >= 0.3 is 0 Å². The van der Waals surface area contributed by atoms with Gasteiger partial charge in [0.2, 0.25) is 17.1 Å². The first-order valence-corrected chi connectivity index (χ1v) is 24.2. The van der Waals surface area contributed by atoms with E-state index in [-0.39, 0.29) is 11.5 Å². The fourth-order valence-electron chi connectivity index (χ4n) is 9.58. The first kappa shape index (κ1) is 37.6. The molecule has 2 aliphatic rings. The number of allylic oxidation sites excluding steroid dienone is 1. The highest BCUT2D eigenvalue weighted by molar-refractivity contribution is 6.89. The van der Waals surface area contributed by atoms with Crippen LogP contribution in [0, 0.1) is 12.3 Å². The van der Waals surface area contributed by atoms with Gasteiger partial charge in [-0.3, -0.25) is 0 Å². The first-order valence-electron chi connectivity index (χ1n) is 20.7. The van der Waals surface area contributed by atoms with E-state index in [0.29, 0.717) is 17.8 Å². The molecule has 2 unspecified atom stereocenters. The third kappa shape index (κ3) is 6.81. The number of nitrogens with zero attached hydrogens (tertiary/aromatic N) is 3. The summed E-state index contributed by atoms with van der Waals surface area (Å²) in [7, 11) is -1.65. The lowest BCUT2D eigenvalue weighted by Crippen LogP contribution is -2.54. The van der Waals surface area contributed by atoms with Crippen LogP contribution < -0.4 is 14.3 Å². The number of rotatable bonds is 4. The summed E-state index contributed by atoms with van der Waals surface area (Å²) in [6, 6.07) is 23.6. The summed E-state index contributed by atoms with van der Waals surface area (Å²) in [5.74, 6) is 1.13. The Bertz CT molecular complexity index is 2490. The van der Waals surface area contributed by atoms with E-state index >= 15 is 0 Å². The highest BCUT2D eigenvalue weighted by atomic mass is 28.3. The van der Waals surface area contributed by atoms with Crippen molar-refractivity contribution in [3.8, 4) is 22.5 Å². The summed E-state index contributed by atoms with van der Waals surface area (Å²) in [4.78, 5) is 5.05. The lowest BCUT2D eigenvalue weighted by Gasteiger charge is -2.33. The van der Waals surface area contributed by atoms with Gasteiger partial charge in [-0.25, -0.2) is 4.98 Å². The maximum atomic E-state index is 6.93. The third-order valence-electron chi connectivity index (χ3n) is 12.3. The summed E-state index contributed by atoms with van der Waals surface area (Å²) < 4.78 is 12.1. The lowest BCUT2D eigenvalue weighted by molar-refractivity contribution is -0.719. The van der Waals surface area contributed by atoms with Crippen molar-refractivity contribution < 1.29 is 13.6 Å². The number of hydrogen-bond donors (Lipinski definition) is 0. The molecule has 8 rings (SSSR count). The van der Waals surface area contributed by atoms with Gasteiger partial charge in [-0.05, 0) is 89.5 Å². The third-order valence-corrected chi connectivity index (χ3v) is 14.3. The van der Waals surface area contributed by atoms with Crippen LogP contribution in [0.4, 0.5) is 0 Å². The molecule has 0 radical (unpaired) electrons. The molecular weight excluding hydrogens is 687 g/mol. The van der Waals surface area contributed by atoms with Crippen molar-refractivity contribution in [1.82, 2.24) is 4.98 Å². The van der Waals surface area contributed by atoms with Gasteiger partial charge in [-0.1, -0.05) is 105 Å². The van der Waals surface area contributed by atoms with E-state index in [1.807, 2.05) is 0 Å². The van der Waals surface area contributed by atoms with Crippen LogP contribution in [0.1, 0.15) is 119 Å². The van der Waals surface area contributed by atoms with Gasteiger partial charge in [0, 0.05) is 57.3 Å². The first-order chi connectivity index (χ1) is 26.0. The summed E-state index contributed by atoms with van der Waals surface area (Å²) in [6.45, 7) is 31.6. The zero-order valence-electron chi connectivity index (χ0n) is 35.2. The smallest absolute Gasteiger partial charge is 0.227 e. The largest absolute Gasteiger partial charge is 0.437 e. The Morgan fingerprint density at radius 3 is 2.36 bits per heavy atom. The van der Waals surface area contributed by atoms with E-state index in [1.165, 1.54) is 55.9 Å². The number of benzene rings is 2. The van der Waals surface area contributed by atoms with E-state index in [4.69, 9.17) is 16.0 Å². The molecule has 0 amide bonds. The van der Waals surface area contributed by atoms with Crippen molar-refractivity contribution >= 4 is 35.3 Å². The van der Waals surface area contributed by atoms with E-state index in [9.17, 15) is 0 Å². The average molecular weight is 748 g/mol. The molecule has 0 saturated heterocycles. The molecule has 4 aromatic heterocycles. The molecule has 2 aromatic carbocycles. The van der Waals surface area contributed by atoms with Gasteiger partial charge in [0.05, 0.1) is 13.6 Å². The molecule has 6 heterocycles. The monoisotopic (exact) mass is 747 g/mol. The Balaban J connectivity index is 1.38. The van der Waals surface area contributed by atoms with Crippen molar-refractivity contribution in [2.75, 3.05) is 0 Å². The van der Waals surface area contributed by atoms with E-state index in [0.717, 1.165) is 60.0 Å². The Morgan fingerprint density at radius 2 is 1.65 bits per heavy atom. The lowest BCUT2D eigenvalue weighted by atomic mass is 9.77. The molecule has 6 aromatic rings. The quantitative estimate of drug-likeness (QED) is 0.102. The minimum Gasteiger partial charge on any atom is -0.437 e. The van der Waals surface area contributed by atoms with Gasteiger partial charge in [0.1, 0.15) is 0 Å². The molecule has 0 aliphatic carbocycles. The van der Waals surface area contributed by atoms with Crippen molar-refractivity contribution in [2.24, 2.45) is 5.41 Å². The Labute approximate surface area is 330 Å². The Morgan fingerprint density at radius 1 is 0.909 bits per heavy atom. The van der Waals surface area contributed by atoms with Crippen LogP contribution in [-0.4, -0.2) is 13.1 Å². The van der Waals surface area contributed by atoms with Crippen LogP contribution in [0.15, 0.2) is 89.6 Å². The molecular formula is C50H61N3OSi+2. The van der Waals surface area contributed by atoms with Crippen molar-refractivity contribution in [3.05, 3.63) is 119 Å². The van der Waals surface area contributed by atoms with Gasteiger partial charge in [-0.2, -0.15) is 9.13 Å². The Hall–Kier alpha value is -4.35. The van der Waals surface area contributed by atoms with Gasteiger partial charge < -0.3 is 4.42 Å². The molecule has 0 saturated carbocycles. The minimum absolute atomic E-state index is 0.157. The fourth-order valence-corrected chi connectivity index (χ4v) is 11.3. The van der Waals surface area contributed by atoms with Crippen LogP contribution in [0.25, 0.3) is 44.6 Å². The number of hydrogen-bond acceptors (Lipinski definition) is 2. The van der Waals surface area contributed by atoms with Gasteiger partial charge in [0.15, 0.2) is 30.6 Å². The maximum Gasteiger partial charge on any atom is 0.227 e. The van der Waals surface area contributed by atoms with Crippen LogP contribution in [-0.2, 0) is 19.4 Å². The highest BCUT2D eigenvalue weighted by Gasteiger charge is 2.43. The topological polar surface area (TPSA) is 33.8 Å². The molecule has 0 N–H and O–H groups in total. The Kier molecular flexibility index (Phi) is 9.35. The zero-order valence-corrected chi connectivity index (χ0v) is 36.2. The van der Waals surface area contributed by atoms with Crippen molar-refractivity contribution in [1.29, 1.82) is 0 Å². The SMILES string of the molecule is C=C1CC2C(CCc3ccc4c(oc5nc(C(C)C)ccc54)c3-c3cc(CC(C)(C)C)c(C)c[n+]3C1)c1ccccc1-c1cc(C(C)C)c([Si](C)(C)C)c[n+]12. The molecule has 55 heavy (non-hydrogen) atoms. The summed E-state index contributed by atoms with van der Waals surface area (Å²) >= 11 is 0. The van der Waals surface area contributed by atoms with Crippen molar-refractivity contribution in [2.45, 2.75) is 131 Å². The van der Waals surface area contributed by atoms with E-state index < -0.39 is 8.07 Å². The van der Waals surface area contributed by atoms with Crippen LogP contribution in [0.2, 0.25) is 19.6 Å². The average Bonchev–Trinajstić information content (AvgIpc) is 3.48. The number of fused-ring (bicyclic) bond motifs is 13. The molecule has 2 atom stereocenters. The summed E-state index contributed by atoms with van der Waals surface area (Å²) in [5, 5.41) is 3.81. The van der Waals surface area contributed by atoms with E-state index in [1.54, 1.807) is 5.19 Å². The van der Waals surface area contributed by atoms with Gasteiger partial charge in [0.25, 0.3) is 0 Å². The normalized spacial score (nSPS) is 17.5. The molecule has 2 aliphatic heterocycles. The molecule has 0 bridgehead atoms. The fraction of sp³-hybridized carbons (Fsp3) is 0.420. The highest BCUT2D eigenvalue weighted by Crippen LogP contribution is 2.45. The van der Waals surface area contributed by atoms with Crippen LogP contribution in [0.3, 0.4) is 0 Å². The standard InChI is InChI=1S/C50H61N3OSi/c1-30(2)41-25-44-37-16-14-13-15-36(37)38-19-17-34-18-20-39-40-21-22-42(31(3)4)51-49(40)54-48(39)47(34)45-24-35(26-50(7,8)9)33(6)28-52(45)27-32(5)23-43(38)53(44)29-46(41)55(10,11)12/h13-16,18,20-22,24-25,28-31,38,43H,5,17,19,23,26-27H2,1-4,6-12H3/q+2. The number of aryl methyl sites for hydroxylation is 2. The second-order valence-corrected chi connectivity index (χ2v) is 24.7. The number of pyridine rings is 3. The number of aromatic nitrogens is 3. The predicted molar refractivity (Wildman–Crippen MR) is 232 cm³/mol. The molecule has 4 nitrogen and oxygen atoms in total. The minimum atomic E-state index is -1.65. The second kappa shape index (κ2) is 13.7. The maximum absolute atomic E-state index is 6.93. The van der Waals surface area contributed by atoms with E-state index in [2.05, 4.69) is 157 Å². The second-order valence-electron chi connectivity index (χ2n) is 19.6. The molecule has 284 valence electrons.